The first-order valence-corrected chi connectivity index (χ1v) is 11.4. The molecule has 1 aliphatic rings. The Morgan fingerprint density at radius 3 is 2.26 bits per heavy atom. The van der Waals surface area contributed by atoms with E-state index in [-0.39, 0.29) is 28.5 Å². The Hall–Kier alpha value is -1.84. The van der Waals surface area contributed by atoms with Gasteiger partial charge in [-0.25, -0.2) is 12.8 Å². The van der Waals surface area contributed by atoms with Gasteiger partial charge in [-0.2, -0.15) is 13.2 Å². The molecule has 0 unspecified atom stereocenters. The zero-order valence-electron chi connectivity index (χ0n) is 15.8. The lowest BCUT2D eigenvalue weighted by atomic mass is 9.93. The molecule has 2 aromatic carbocycles. The molecule has 1 N–H and O–H groups in total. The van der Waals surface area contributed by atoms with Crippen molar-refractivity contribution in [2.75, 3.05) is 0 Å². The molecular formula is C20H17Cl2F4NO3S. The third-order valence-corrected chi connectivity index (χ3v) is 8.19. The summed E-state index contributed by atoms with van der Waals surface area (Å²) in [6, 6.07) is 6.83. The lowest BCUT2D eigenvalue weighted by Gasteiger charge is -2.34. The molecule has 0 heterocycles. The first kappa shape index (κ1) is 23.8. The summed E-state index contributed by atoms with van der Waals surface area (Å²) >= 11 is 11.7. The van der Waals surface area contributed by atoms with Crippen LogP contribution in [0.2, 0.25) is 10.0 Å². The second-order valence-electron chi connectivity index (χ2n) is 7.29. The number of amides is 1. The van der Waals surface area contributed by atoms with Crippen LogP contribution in [0, 0.1) is 0 Å². The third kappa shape index (κ3) is 4.99. The van der Waals surface area contributed by atoms with E-state index in [2.05, 4.69) is 5.32 Å². The summed E-state index contributed by atoms with van der Waals surface area (Å²) in [6.45, 7) is 0. The van der Waals surface area contributed by atoms with E-state index in [1.807, 2.05) is 0 Å². The monoisotopic (exact) mass is 497 g/mol. The van der Waals surface area contributed by atoms with Crippen LogP contribution in [-0.2, 0) is 16.0 Å². The van der Waals surface area contributed by atoms with Crippen molar-refractivity contribution in [1.29, 1.82) is 0 Å². The number of sulfone groups is 1. The summed E-state index contributed by atoms with van der Waals surface area (Å²) in [5.41, 5.74) is -0.928. The van der Waals surface area contributed by atoms with E-state index in [1.54, 1.807) is 0 Å². The molecule has 4 nitrogen and oxygen atoms in total. The van der Waals surface area contributed by atoms with Crippen LogP contribution in [0.25, 0.3) is 0 Å². The van der Waals surface area contributed by atoms with Gasteiger partial charge < -0.3 is 5.32 Å². The van der Waals surface area contributed by atoms with Gasteiger partial charge in [-0.3, -0.25) is 4.79 Å². The molecule has 1 aliphatic carbocycles. The van der Waals surface area contributed by atoms with Crippen LogP contribution in [0.5, 0.6) is 0 Å². The molecule has 0 atom stereocenters. The fourth-order valence-corrected chi connectivity index (χ4v) is 5.45. The van der Waals surface area contributed by atoms with E-state index in [1.165, 1.54) is 18.2 Å². The maximum atomic E-state index is 15.4. The van der Waals surface area contributed by atoms with Crippen molar-refractivity contribution in [3.8, 4) is 0 Å². The first-order valence-electron chi connectivity index (χ1n) is 9.20. The SMILES string of the molecule is O=C(NC1CCC(F)(S(=O)(=O)c2cccc(C(F)(F)F)c2)CC1)c1ccc(Cl)c(Cl)c1. The van der Waals surface area contributed by atoms with E-state index in [0.29, 0.717) is 6.07 Å². The number of hydrogen-bond acceptors (Lipinski definition) is 3. The Bertz CT molecular complexity index is 1100. The van der Waals surface area contributed by atoms with Crippen LogP contribution in [0.4, 0.5) is 17.6 Å². The number of benzene rings is 2. The number of rotatable bonds is 4. The molecule has 3 rings (SSSR count). The van der Waals surface area contributed by atoms with Crippen LogP contribution in [-0.4, -0.2) is 25.4 Å². The zero-order chi connectivity index (χ0) is 23.0. The molecule has 0 bridgehead atoms. The molecular weight excluding hydrogens is 481 g/mol. The molecule has 1 saturated carbocycles. The Labute approximate surface area is 186 Å². The van der Waals surface area contributed by atoms with Crippen molar-refractivity contribution in [2.45, 2.75) is 47.8 Å². The van der Waals surface area contributed by atoms with Crippen molar-refractivity contribution in [1.82, 2.24) is 5.32 Å². The van der Waals surface area contributed by atoms with Crippen molar-refractivity contribution in [2.24, 2.45) is 0 Å². The lowest BCUT2D eigenvalue weighted by Crippen LogP contribution is -2.45. The molecule has 1 fully saturated rings. The quantitative estimate of drug-likeness (QED) is 0.541. The number of nitrogens with one attached hydrogen (secondary N) is 1. The lowest BCUT2D eigenvalue weighted by molar-refractivity contribution is -0.137. The molecule has 168 valence electrons. The van der Waals surface area contributed by atoms with E-state index in [4.69, 9.17) is 23.2 Å². The van der Waals surface area contributed by atoms with Crippen LogP contribution < -0.4 is 5.32 Å². The van der Waals surface area contributed by atoms with Crippen LogP contribution >= 0.6 is 23.2 Å². The smallest absolute Gasteiger partial charge is 0.349 e. The summed E-state index contributed by atoms with van der Waals surface area (Å²) in [5, 5.41) is 0.432. The molecule has 1 amide bonds. The minimum atomic E-state index is -4.75. The summed E-state index contributed by atoms with van der Waals surface area (Å²) in [5.74, 6) is -0.476. The molecule has 0 aromatic heterocycles. The van der Waals surface area contributed by atoms with Crippen molar-refractivity contribution >= 4 is 38.9 Å². The minimum absolute atomic E-state index is 0.00174. The van der Waals surface area contributed by atoms with Crippen LogP contribution in [0.15, 0.2) is 47.4 Å². The number of halogens is 6. The molecule has 2 aromatic rings. The van der Waals surface area contributed by atoms with Crippen LogP contribution in [0.3, 0.4) is 0 Å². The minimum Gasteiger partial charge on any atom is -0.349 e. The van der Waals surface area contributed by atoms with Crippen molar-refractivity contribution in [3.63, 3.8) is 0 Å². The highest BCUT2D eigenvalue weighted by molar-refractivity contribution is 7.92. The highest BCUT2D eigenvalue weighted by atomic mass is 35.5. The molecule has 31 heavy (non-hydrogen) atoms. The fraction of sp³-hybridized carbons (Fsp3) is 0.350. The van der Waals surface area contributed by atoms with E-state index in [9.17, 15) is 26.4 Å². The first-order chi connectivity index (χ1) is 14.3. The van der Waals surface area contributed by atoms with E-state index in [0.717, 1.165) is 18.2 Å². The van der Waals surface area contributed by atoms with Gasteiger partial charge in [0.1, 0.15) is 0 Å². The Kier molecular flexibility index (Phi) is 6.60. The van der Waals surface area contributed by atoms with Gasteiger partial charge in [-0.05, 0) is 62.1 Å². The number of carbonyl (C=O) groups is 1. The van der Waals surface area contributed by atoms with Gasteiger partial charge >= 0.3 is 6.18 Å². The largest absolute Gasteiger partial charge is 0.416 e. The maximum Gasteiger partial charge on any atom is 0.416 e. The zero-order valence-corrected chi connectivity index (χ0v) is 18.2. The average molecular weight is 498 g/mol. The number of carbonyl (C=O) groups excluding carboxylic acids is 1. The van der Waals surface area contributed by atoms with E-state index >= 15 is 4.39 Å². The highest BCUT2D eigenvalue weighted by Gasteiger charge is 2.48. The Morgan fingerprint density at radius 1 is 1.03 bits per heavy atom. The second-order valence-corrected chi connectivity index (χ2v) is 10.3. The summed E-state index contributed by atoms with van der Waals surface area (Å²) in [6.07, 6.45) is -5.67. The molecule has 0 radical (unpaired) electrons. The molecule has 0 spiro atoms. The normalized spacial score (nSPS) is 22.2. The average Bonchev–Trinajstić information content (AvgIpc) is 2.71. The van der Waals surface area contributed by atoms with Crippen molar-refractivity contribution in [3.05, 3.63) is 63.6 Å². The van der Waals surface area contributed by atoms with Gasteiger partial charge in [0.2, 0.25) is 14.8 Å². The number of alkyl halides is 4. The highest BCUT2D eigenvalue weighted by Crippen LogP contribution is 2.41. The summed E-state index contributed by atoms with van der Waals surface area (Å²) in [4.78, 5) is 11.6. The third-order valence-electron chi connectivity index (χ3n) is 5.20. The van der Waals surface area contributed by atoms with Crippen molar-refractivity contribution < 1.29 is 30.8 Å². The van der Waals surface area contributed by atoms with Gasteiger partial charge in [-0.1, -0.05) is 29.3 Å². The van der Waals surface area contributed by atoms with Gasteiger partial charge in [-0.15, -0.1) is 0 Å². The number of hydrogen-bond donors (Lipinski definition) is 1. The standard InChI is InChI=1S/C20H17Cl2F4NO3S/c21-16-5-4-12(10-17(16)22)18(28)27-14-6-8-19(23,9-7-14)31(29,30)15-3-1-2-13(11-15)20(24,25)26/h1-5,10-11,14H,6-9H2,(H,27,28). The molecule has 11 heteroatoms. The predicted molar refractivity (Wildman–Crippen MR) is 109 cm³/mol. The topological polar surface area (TPSA) is 63.2 Å². The fourth-order valence-electron chi connectivity index (χ4n) is 3.42. The summed E-state index contributed by atoms with van der Waals surface area (Å²) < 4.78 is 79.6. The van der Waals surface area contributed by atoms with Gasteiger partial charge in [0, 0.05) is 11.6 Å². The summed E-state index contributed by atoms with van der Waals surface area (Å²) in [7, 11) is -4.67. The Morgan fingerprint density at radius 2 is 1.68 bits per heavy atom. The molecule has 0 aliphatic heterocycles. The van der Waals surface area contributed by atoms with Gasteiger partial charge in [0.05, 0.1) is 20.5 Å². The Balaban J connectivity index is 1.71. The molecule has 0 saturated heterocycles. The van der Waals surface area contributed by atoms with Gasteiger partial charge in [0.25, 0.3) is 5.91 Å². The predicted octanol–water partition coefficient (Wildman–Crippen LogP) is 5.82. The van der Waals surface area contributed by atoms with E-state index < -0.39 is 56.3 Å². The second kappa shape index (κ2) is 8.60. The van der Waals surface area contributed by atoms with Crippen LogP contribution in [0.1, 0.15) is 41.6 Å². The maximum absolute atomic E-state index is 15.4. The van der Waals surface area contributed by atoms with Gasteiger partial charge in [0.15, 0.2) is 0 Å².